The minimum Gasteiger partial charge on any atom is -0.385 e. The van der Waals surface area contributed by atoms with Crippen molar-refractivity contribution in [1.29, 1.82) is 0 Å². The molecule has 78 valence electrons. The lowest BCUT2D eigenvalue weighted by Gasteiger charge is -2.40. The molecule has 1 aliphatic carbocycles. The van der Waals surface area contributed by atoms with Crippen LogP contribution < -0.4 is 0 Å². The molecular formula is C9H15Cl3O. The third-order valence-electron chi connectivity index (χ3n) is 3.04. The van der Waals surface area contributed by atoms with Crippen LogP contribution in [0.3, 0.4) is 0 Å². The van der Waals surface area contributed by atoms with E-state index in [0.717, 1.165) is 19.3 Å². The lowest BCUT2D eigenvalue weighted by atomic mass is 9.78. The minimum atomic E-state index is -1.54. The Morgan fingerprint density at radius 2 is 1.77 bits per heavy atom. The van der Waals surface area contributed by atoms with Gasteiger partial charge in [0.2, 0.25) is 3.79 Å². The Morgan fingerprint density at radius 3 is 2.08 bits per heavy atom. The maximum atomic E-state index is 10.0. The zero-order valence-electron chi connectivity index (χ0n) is 7.69. The Bertz CT molecular complexity index is 168. The summed E-state index contributed by atoms with van der Waals surface area (Å²) in [5, 5.41) is 10.0. The van der Waals surface area contributed by atoms with Crippen molar-refractivity contribution in [3.8, 4) is 0 Å². The summed E-state index contributed by atoms with van der Waals surface area (Å²) in [6, 6.07) is 0. The smallest absolute Gasteiger partial charge is 0.218 e. The van der Waals surface area contributed by atoms with Crippen molar-refractivity contribution >= 4 is 34.8 Å². The summed E-state index contributed by atoms with van der Waals surface area (Å²) in [7, 11) is 0. The van der Waals surface area contributed by atoms with Crippen LogP contribution in [0.4, 0.5) is 0 Å². The van der Waals surface area contributed by atoms with E-state index >= 15 is 0 Å². The third-order valence-corrected chi connectivity index (χ3v) is 4.09. The molecule has 4 heteroatoms. The van der Waals surface area contributed by atoms with Crippen LogP contribution in [0.25, 0.3) is 0 Å². The van der Waals surface area contributed by atoms with Gasteiger partial charge in [0.15, 0.2) is 0 Å². The van der Waals surface area contributed by atoms with Crippen molar-refractivity contribution in [3.05, 3.63) is 0 Å². The molecule has 0 aromatic carbocycles. The number of halogens is 3. The average Bonchev–Trinajstić information content (AvgIpc) is 2.04. The summed E-state index contributed by atoms with van der Waals surface area (Å²) in [5.41, 5.74) is -1.11. The molecule has 0 amide bonds. The van der Waals surface area contributed by atoms with Crippen LogP contribution in [-0.4, -0.2) is 14.5 Å². The van der Waals surface area contributed by atoms with Gasteiger partial charge in [-0.25, -0.2) is 0 Å². The number of rotatable bonds is 1. The van der Waals surface area contributed by atoms with Crippen LogP contribution in [0.5, 0.6) is 0 Å². The van der Waals surface area contributed by atoms with Crippen molar-refractivity contribution in [2.24, 2.45) is 5.92 Å². The molecule has 0 heterocycles. The highest BCUT2D eigenvalue weighted by Crippen LogP contribution is 2.47. The van der Waals surface area contributed by atoms with E-state index in [-0.39, 0.29) is 0 Å². The van der Waals surface area contributed by atoms with Gasteiger partial charge in [0, 0.05) is 0 Å². The summed E-state index contributed by atoms with van der Waals surface area (Å²) >= 11 is 17.2. The van der Waals surface area contributed by atoms with Crippen molar-refractivity contribution in [1.82, 2.24) is 0 Å². The van der Waals surface area contributed by atoms with Gasteiger partial charge in [-0.15, -0.1) is 0 Å². The van der Waals surface area contributed by atoms with Gasteiger partial charge in [-0.05, 0) is 31.6 Å². The normalized spacial score (nSPS) is 36.2. The molecule has 1 N–H and O–H groups in total. The Morgan fingerprint density at radius 1 is 1.31 bits per heavy atom. The van der Waals surface area contributed by atoms with Gasteiger partial charge >= 0.3 is 0 Å². The van der Waals surface area contributed by atoms with Gasteiger partial charge < -0.3 is 5.11 Å². The Balaban J connectivity index is 2.57. The van der Waals surface area contributed by atoms with E-state index in [2.05, 4.69) is 6.92 Å². The van der Waals surface area contributed by atoms with Crippen LogP contribution in [-0.2, 0) is 0 Å². The standard InChI is InChI=1S/C9H15Cl3O/c1-2-7-3-5-8(13,6-4-7)9(10,11)12/h7,13H,2-6H2,1H3. The van der Waals surface area contributed by atoms with E-state index in [0.29, 0.717) is 18.8 Å². The van der Waals surface area contributed by atoms with Crippen LogP contribution in [0.2, 0.25) is 0 Å². The molecule has 1 rings (SSSR count). The Labute approximate surface area is 94.4 Å². The molecule has 1 saturated carbocycles. The van der Waals surface area contributed by atoms with E-state index in [1.165, 1.54) is 0 Å². The second-order valence-corrected chi connectivity index (χ2v) is 6.16. The van der Waals surface area contributed by atoms with Crippen molar-refractivity contribution in [2.75, 3.05) is 0 Å². The third kappa shape index (κ3) is 2.65. The minimum absolute atomic E-state index is 0.599. The zero-order chi connectivity index (χ0) is 10.1. The summed E-state index contributed by atoms with van der Waals surface area (Å²) in [6.45, 7) is 2.16. The zero-order valence-corrected chi connectivity index (χ0v) is 9.96. The lowest BCUT2D eigenvalue weighted by molar-refractivity contribution is -0.00624. The Kier molecular flexibility index (Phi) is 3.79. The van der Waals surface area contributed by atoms with Crippen molar-refractivity contribution in [3.63, 3.8) is 0 Å². The second-order valence-electron chi connectivity index (χ2n) is 3.88. The molecule has 0 aromatic heterocycles. The SMILES string of the molecule is CCC1CCC(O)(C(Cl)(Cl)Cl)CC1. The predicted octanol–water partition coefficient (Wildman–Crippen LogP) is 3.69. The topological polar surface area (TPSA) is 20.2 Å². The van der Waals surface area contributed by atoms with Crippen LogP contribution in [0, 0.1) is 5.92 Å². The largest absolute Gasteiger partial charge is 0.385 e. The van der Waals surface area contributed by atoms with Gasteiger partial charge in [0.25, 0.3) is 0 Å². The summed E-state index contributed by atoms with van der Waals surface area (Å²) in [5.74, 6) is 0.688. The molecule has 0 saturated heterocycles. The maximum Gasteiger partial charge on any atom is 0.218 e. The molecule has 0 spiro atoms. The number of alkyl halides is 3. The summed E-state index contributed by atoms with van der Waals surface area (Å²) in [4.78, 5) is 0. The molecule has 0 unspecified atom stereocenters. The number of aliphatic hydroxyl groups is 1. The van der Waals surface area contributed by atoms with E-state index in [1.54, 1.807) is 0 Å². The van der Waals surface area contributed by atoms with Crippen LogP contribution >= 0.6 is 34.8 Å². The fourth-order valence-corrected chi connectivity index (χ4v) is 2.41. The van der Waals surface area contributed by atoms with Crippen molar-refractivity contribution in [2.45, 2.75) is 48.4 Å². The first kappa shape index (κ1) is 11.9. The quantitative estimate of drug-likeness (QED) is 0.699. The van der Waals surface area contributed by atoms with Gasteiger partial charge in [0.05, 0.1) is 0 Å². The first-order valence-electron chi connectivity index (χ1n) is 4.68. The second kappa shape index (κ2) is 4.14. The van der Waals surface area contributed by atoms with E-state index in [1.807, 2.05) is 0 Å². The van der Waals surface area contributed by atoms with Gasteiger partial charge in [-0.2, -0.15) is 0 Å². The molecular weight excluding hydrogens is 230 g/mol. The molecule has 0 atom stereocenters. The van der Waals surface area contributed by atoms with E-state index in [9.17, 15) is 5.11 Å². The monoisotopic (exact) mass is 244 g/mol. The first-order valence-corrected chi connectivity index (χ1v) is 5.81. The number of hydrogen-bond donors (Lipinski definition) is 1. The Hall–Kier alpha value is 0.830. The highest BCUT2D eigenvalue weighted by molar-refractivity contribution is 6.68. The van der Waals surface area contributed by atoms with Crippen LogP contribution in [0.1, 0.15) is 39.0 Å². The molecule has 0 aliphatic heterocycles. The van der Waals surface area contributed by atoms with Gasteiger partial charge in [0.1, 0.15) is 5.60 Å². The highest BCUT2D eigenvalue weighted by atomic mass is 35.6. The molecule has 13 heavy (non-hydrogen) atoms. The molecule has 1 nitrogen and oxygen atoms in total. The molecule has 0 radical (unpaired) electrons. The fraction of sp³-hybridized carbons (Fsp3) is 1.00. The first-order chi connectivity index (χ1) is 5.89. The van der Waals surface area contributed by atoms with Crippen molar-refractivity contribution < 1.29 is 5.11 Å². The molecule has 1 fully saturated rings. The number of hydrogen-bond acceptors (Lipinski definition) is 1. The molecule has 1 aliphatic rings. The molecule has 0 aromatic rings. The predicted molar refractivity (Wildman–Crippen MR) is 57.5 cm³/mol. The lowest BCUT2D eigenvalue weighted by Crippen LogP contribution is -2.45. The maximum absolute atomic E-state index is 10.0. The van der Waals surface area contributed by atoms with E-state index < -0.39 is 9.39 Å². The van der Waals surface area contributed by atoms with Gasteiger partial charge in [-0.3, -0.25) is 0 Å². The van der Waals surface area contributed by atoms with Gasteiger partial charge in [-0.1, -0.05) is 48.1 Å². The summed E-state index contributed by atoms with van der Waals surface area (Å²) < 4.78 is -1.54. The molecule has 0 bridgehead atoms. The highest BCUT2D eigenvalue weighted by Gasteiger charge is 2.48. The van der Waals surface area contributed by atoms with Crippen LogP contribution in [0.15, 0.2) is 0 Å². The fourth-order valence-electron chi connectivity index (χ4n) is 1.85. The summed E-state index contributed by atoms with van der Waals surface area (Å²) in [6.07, 6.45) is 4.27. The van der Waals surface area contributed by atoms with E-state index in [4.69, 9.17) is 34.8 Å². The average molecular weight is 246 g/mol.